The molecule has 1 aromatic carbocycles. The highest BCUT2D eigenvalue weighted by molar-refractivity contribution is 7.88. The van der Waals surface area contributed by atoms with Crippen LogP contribution in [0.5, 0.6) is 0 Å². The van der Waals surface area contributed by atoms with Crippen molar-refractivity contribution in [1.29, 1.82) is 0 Å². The van der Waals surface area contributed by atoms with E-state index in [9.17, 15) is 8.42 Å². The molecule has 0 bridgehead atoms. The van der Waals surface area contributed by atoms with Crippen molar-refractivity contribution in [2.24, 2.45) is 0 Å². The average molecular weight is 347 g/mol. The van der Waals surface area contributed by atoms with E-state index in [-0.39, 0.29) is 6.04 Å². The van der Waals surface area contributed by atoms with Gasteiger partial charge < -0.3 is 5.32 Å². The second-order valence-corrected chi connectivity index (χ2v) is 8.59. The number of hydrogen-bond acceptors (Lipinski definition) is 4. The molecule has 0 spiro atoms. The third kappa shape index (κ3) is 3.70. The Labute approximate surface area is 144 Å². The summed E-state index contributed by atoms with van der Waals surface area (Å²) in [7, 11) is -3.07. The lowest BCUT2D eigenvalue weighted by Gasteiger charge is -2.31. The lowest BCUT2D eigenvalue weighted by molar-refractivity contribution is 0.331. The minimum absolute atomic E-state index is 0.266. The van der Waals surface area contributed by atoms with Gasteiger partial charge in [-0.05, 0) is 55.5 Å². The highest BCUT2D eigenvalue weighted by atomic mass is 32.2. The topological polar surface area (TPSA) is 62.3 Å². The predicted octanol–water partition coefficient (Wildman–Crippen LogP) is 2.94. The lowest BCUT2D eigenvalue weighted by atomic mass is 10.0. The van der Waals surface area contributed by atoms with Crippen LogP contribution in [0.25, 0.3) is 10.9 Å². The number of benzene rings is 1. The maximum atomic E-state index is 11.6. The Morgan fingerprint density at radius 2 is 1.96 bits per heavy atom. The van der Waals surface area contributed by atoms with Crippen molar-refractivity contribution in [3.8, 4) is 0 Å². The number of aromatic nitrogens is 1. The number of sulfonamides is 1. The first-order valence-electron chi connectivity index (χ1n) is 8.49. The van der Waals surface area contributed by atoms with Crippen LogP contribution in [0.1, 0.15) is 30.9 Å². The van der Waals surface area contributed by atoms with Gasteiger partial charge in [-0.3, -0.25) is 0 Å². The predicted molar refractivity (Wildman–Crippen MR) is 98.9 cm³/mol. The third-order valence-electron chi connectivity index (χ3n) is 4.76. The van der Waals surface area contributed by atoms with Gasteiger partial charge in [-0.15, -0.1) is 0 Å². The second-order valence-electron chi connectivity index (χ2n) is 6.61. The highest BCUT2D eigenvalue weighted by Crippen LogP contribution is 2.24. The van der Waals surface area contributed by atoms with Crippen LogP contribution in [0, 0.1) is 6.92 Å². The van der Waals surface area contributed by atoms with Crippen molar-refractivity contribution in [2.75, 3.05) is 24.7 Å². The van der Waals surface area contributed by atoms with Gasteiger partial charge in [0.2, 0.25) is 10.0 Å². The number of fused-ring (bicyclic) bond motifs is 1. The summed E-state index contributed by atoms with van der Waals surface area (Å²) in [6.45, 7) is 5.41. The summed E-state index contributed by atoms with van der Waals surface area (Å²) in [6, 6.07) is 8.78. The Kier molecular flexibility index (Phi) is 4.78. The van der Waals surface area contributed by atoms with Gasteiger partial charge >= 0.3 is 0 Å². The van der Waals surface area contributed by atoms with Crippen LogP contribution in [0.2, 0.25) is 0 Å². The fourth-order valence-electron chi connectivity index (χ4n) is 3.28. The Morgan fingerprint density at radius 3 is 2.58 bits per heavy atom. The van der Waals surface area contributed by atoms with E-state index in [4.69, 9.17) is 4.98 Å². The molecular formula is C18H25N3O2S. The zero-order valence-corrected chi connectivity index (χ0v) is 15.4. The molecule has 1 aromatic heterocycles. The molecule has 0 aliphatic carbocycles. The molecule has 0 atom stereocenters. The summed E-state index contributed by atoms with van der Waals surface area (Å²) in [5.74, 6) is 0.877. The van der Waals surface area contributed by atoms with Crippen molar-refractivity contribution in [2.45, 2.75) is 39.2 Å². The number of piperidine rings is 1. The Morgan fingerprint density at radius 1 is 1.25 bits per heavy atom. The number of pyridine rings is 1. The van der Waals surface area contributed by atoms with Gasteiger partial charge in [-0.2, -0.15) is 0 Å². The molecule has 6 heteroatoms. The summed E-state index contributed by atoms with van der Waals surface area (Å²) in [4.78, 5) is 4.73. The van der Waals surface area contributed by atoms with E-state index in [1.165, 1.54) is 22.8 Å². The van der Waals surface area contributed by atoms with E-state index < -0.39 is 10.0 Å². The van der Waals surface area contributed by atoms with Crippen LogP contribution in [-0.2, 0) is 16.4 Å². The summed E-state index contributed by atoms with van der Waals surface area (Å²) < 4.78 is 24.7. The van der Waals surface area contributed by atoms with E-state index in [1.54, 1.807) is 4.31 Å². The Bertz CT molecular complexity index is 841. The quantitative estimate of drug-likeness (QED) is 0.924. The van der Waals surface area contributed by atoms with Gasteiger partial charge in [0.1, 0.15) is 5.82 Å². The fourth-order valence-corrected chi connectivity index (χ4v) is 4.15. The molecule has 3 rings (SSSR count). The van der Waals surface area contributed by atoms with E-state index in [1.807, 2.05) is 0 Å². The molecule has 5 nitrogen and oxygen atoms in total. The second kappa shape index (κ2) is 6.69. The summed E-state index contributed by atoms with van der Waals surface area (Å²) >= 11 is 0. The first kappa shape index (κ1) is 17.2. The summed E-state index contributed by atoms with van der Waals surface area (Å²) in [6.07, 6.45) is 3.91. The van der Waals surface area contributed by atoms with E-state index >= 15 is 0 Å². The average Bonchev–Trinajstić information content (AvgIpc) is 2.54. The summed E-state index contributed by atoms with van der Waals surface area (Å²) in [5.41, 5.74) is 3.54. The number of rotatable bonds is 4. The minimum Gasteiger partial charge on any atom is -0.367 e. The first-order valence-corrected chi connectivity index (χ1v) is 10.3. The molecule has 0 amide bonds. The van der Waals surface area contributed by atoms with E-state index in [0.29, 0.717) is 13.1 Å². The molecule has 24 heavy (non-hydrogen) atoms. The molecule has 1 N–H and O–H groups in total. The maximum Gasteiger partial charge on any atom is 0.211 e. The zero-order chi connectivity index (χ0) is 17.3. The van der Waals surface area contributed by atoms with Crippen LogP contribution < -0.4 is 5.32 Å². The van der Waals surface area contributed by atoms with Gasteiger partial charge in [0.25, 0.3) is 0 Å². The van der Waals surface area contributed by atoms with Crippen LogP contribution in [0.3, 0.4) is 0 Å². The molecule has 0 radical (unpaired) electrons. The van der Waals surface area contributed by atoms with E-state index in [2.05, 4.69) is 43.4 Å². The third-order valence-corrected chi connectivity index (χ3v) is 6.07. The minimum atomic E-state index is -3.07. The molecule has 1 saturated heterocycles. The molecule has 1 fully saturated rings. The van der Waals surface area contributed by atoms with Gasteiger partial charge in [0, 0.05) is 24.5 Å². The fraction of sp³-hybridized carbons (Fsp3) is 0.500. The number of anilines is 1. The smallest absolute Gasteiger partial charge is 0.211 e. The van der Waals surface area contributed by atoms with E-state index in [0.717, 1.165) is 30.6 Å². The standard InChI is InChI=1S/C18H25N3O2S/c1-4-14-5-6-17-16(12-14)13(2)11-18(20-17)19-15-7-9-21(10-8-15)24(3,22)23/h5-6,11-12,15H,4,7-10H2,1-3H3,(H,19,20). The maximum absolute atomic E-state index is 11.6. The lowest BCUT2D eigenvalue weighted by Crippen LogP contribution is -2.41. The van der Waals surface area contributed by atoms with Crippen molar-refractivity contribution in [1.82, 2.24) is 9.29 Å². The number of nitrogens with zero attached hydrogens (tertiary/aromatic N) is 2. The number of nitrogens with one attached hydrogen (secondary N) is 1. The van der Waals surface area contributed by atoms with Crippen molar-refractivity contribution in [3.63, 3.8) is 0 Å². The highest BCUT2D eigenvalue weighted by Gasteiger charge is 2.25. The SMILES string of the molecule is CCc1ccc2nc(NC3CCN(S(C)(=O)=O)CC3)cc(C)c2c1. The number of aryl methyl sites for hydroxylation is 2. The van der Waals surface area contributed by atoms with Gasteiger partial charge in [-0.25, -0.2) is 17.7 Å². The molecule has 2 aromatic rings. The van der Waals surface area contributed by atoms with Crippen molar-refractivity contribution < 1.29 is 8.42 Å². The van der Waals surface area contributed by atoms with Crippen LogP contribution >= 0.6 is 0 Å². The van der Waals surface area contributed by atoms with Crippen LogP contribution in [-0.4, -0.2) is 43.1 Å². The molecule has 130 valence electrons. The van der Waals surface area contributed by atoms with Gasteiger partial charge in [-0.1, -0.05) is 13.0 Å². The zero-order valence-electron chi connectivity index (χ0n) is 14.5. The van der Waals surface area contributed by atoms with Gasteiger partial charge in [0.15, 0.2) is 0 Å². The molecule has 2 heterocycles. The summed E-state index contributed by atoms with van der Waals surface area (Å²) in [5, 5.41) is 4.68. The van der Waals surface area contributed by atoms with Crippen LogP contribution in [0.15, 0.2) is 24.3 Å². The Hall–Kier alpha value is -1.66. The molecular weight excluding hydrogens is 322 g/mol. The van der Waals surface area contributed by atoms with Crippen molar-refractivity contribution >= 4 is 26.7 Å². The van der Waals surface area contributed by atoms with Crippen LogP contribution in [0.4, 0.5) is 5.82 Å². The molecule has 0 unspecified atom stereocenters. The largest absolute Gasteiger partial charge is 0.367 e. The molecule has 1 aliphatic heterocycles. The van der Waals surface area contributed by atoms with Gasteiger partial charge in [0.05, 0.1) is 11.8 Å². The van der Waals surface area contributed by atoms with Crippen molar-refractivity contribution in [3.05, 3.63) is 35.4 Å². The monoisotopic (exact) mass is 347 g/mol. The molecule has 0 saturated carbocycles. The normalized spacial score (nSPS) is 17.3. The number of hydrogen-bond donors (Lipinski definition) is 1. The Balaban J connectivity index is 1.74. The molecule has 1 aliphatic rings. The first-order chi connectivity index (χ1) is 11.4.